The minimum absolute atomic E-state index is 0.152. The van der Waals surface area contributed by atoms with Crippen molar-refractivity contribution in [2.75, 3.05) is 0 Å². The van der Waals surface area contributed by atoms with Crippen LogP contribution in [0.25, 0.3) is 10.9 Å². The second-order valence-corrected chi connectivity index (χ2v) is 5.43. The van der Waals surface area contributed by atoms with Gasteiger partial charge in [0.2, 0.25) is 5.91 Å². The van der Waals surface area contributed by atoms with E-state index in [0.717, 1.165) is 11.4 Å². The van der Waals surface area contributed by atoms with Gasteiger partial charge in [-0.2, -0.15) is 0 Å². The van der Waals surface area contributed by atoms with Crippen molar-refractivity contribution in [3.8, 4) is 0 Å². The second kappa shape index (κ2) is 6.99. The molecule has 2 aromatic heterocycles. The summed E-state index contributed by atoms with van der Waals surface area (Å²) < 4.78 is 1.22. The van der Waals surface area contributed by atoms with Crippen molar-refractivity contribution in [2.24, 2.45) is 0 Å². The summed E-state index contributed by atoms with van der Waals surface area (Å²) in [7, 11) is 0. The molecule has 122 valence electrons. The van der Waals surface area contributed by atoms with E-state index >= 15 is 0 Å². The van der Waals surface area contributed by atoms with Gasteiger partial charge < -0.3 is 5.32 Å². The number of aromatic nitrogens is 4. The molecule has 3 aromatic rings. The highest BCUT2D eigenvalue weighted by molar-refractivity contribution is 5.77. The topological polar surface area (TPSA) is 89.8 Å². The summed E-state index contributed by atoms with van der Waals surface area (Å²) in [6, 6.07) is 12.7. The molecule has 0 aliphatic carbocycles. The molecule has 0 saturated carbocycles. The summed E-state index contributed by atoms with van der Waals surface area (Å²) in [6.07, 6.45) is 0.152. The highest BCUT2D eigenvalue weighted by atomic mass is 16.2. The molecule has 0 aliphatic heterocycles. The second-order valence-electron chi connectivity index (χ2n) is 5.43. The fourth-order valence-corrected chi connectivity index (χ4v) is 2.35. The number of carbonyl (C=O) groups excluding carboxylic acids is 1. The molecule has 1 aromatic carbocycles. The highest BCUT2D eigenvalue weighted by Gasteiger charge is 2.08. The van der Waals surface area contributed by atoms with Crippen molar-refractivity contribution in [3.63, 3.8) is 0 Å². The smallest absolute Gasteiger partial charge is 0.277 e. The number of nitrogens with one attached hydrogen (secondary N) is 1. The summed E-state index contributed by atoms with van der Waals surface area (Å²) in [6.45, 7) is 2.44. The van der Waals surface area contributed by atoms with Gasteiger partial charge in [-0.1, -0.05) is 23.4 Å². The number of carbonyl (C=O) groups is 1. The van der Waals surface area contributed by atoms with Gasteiger partial charge in [-0.25, -0.2) is 4.68 Å². The number of aryl methyl sites for hydroxylation is 2. The van der Waals surface area contributed by atoms with Crippen molar-refractivity contribution < 1.29 is 4.79 Å². The third-order valence-electron chi connectivity index (χ3n) is 3.59. The van der Waals surface area contributed by atoms with E-state index in [1.807, 2.05) is 25.1 Å². The van der Waals surface area contributed by atoms with Crippen LogP contribution in [0.1, 0.15) is 17.8 Å². The fourth-order valence-electron chi connectivity index (χ4n) is 2.35. The van der Waals surface area contributed by atoms with Crippen LogP contribution >= 0.6 is 0 Å². The maximum Gasteiger partial charge on any atom is 0.277 e. The van der Waals surface area contributed by atoms with Gasteiger partial charge in [-0.05, 0) is 31.2 Å². The zero-order valence-electron chi connectivity index (χ0n) is 13.3. The quantitative estimate of drug-likeness (QED) is 0.762. The summed E-state index contributed by atoms with van der Waals surface area (Å²) in [5, 5.41) is 11.1. The largest absolute Gasteiger partial charge is 0.350 e. The first-order valence-electron chi connectivity index (χ1n) is 7.65. The van der Waals surface area contributed by atoms with E-state index < -0.39 is 0 Å². The molecule has 3 rings (SSSR count). The first-order chi connectivity index (χ1) is 11.6. The maximum absolute atomic E-state index is 12.3. The molecular weight excluding hydrogens is 306 g/mol. The Hall–Kier alpha value is -3.09. The van der Waals surface area contributed by atoms with Crippen LogP contribution in [-0.2, 0) is 17.9 Å². The molecule has 0 fully saturated rings. The molecule has 0 atom stereocenters. The molecular formula is C17H17N5O2. The number of nitrogens with zero attached hydrogens (tertiary/aromatic N) is 4. The summed E-state index contributed by atoms with van der Waals surface area (Å²) >= 11 is 0. The predicted octanol–water partition coefficient (Wildman–Crippen LogP) is 1.20. The molecule has 1 N–H and O–H groups in total. The highest BCUT2D eigenvalue weighted by Crippen LogP contribution is 2.03. The molecule has 0 bridgehead atoms. The molecule has 7 heteroatoms. The van der Waals surface area contributed by atoms with Gasteiger partial charge in [-0.15, -0.1) is 5.10 Å². The molecule has 0 radical (unpaired) electrons. The van der Waals surface area contributed by atoms with Crippen LogP contribution in [0.3, 0.4) is 0 Å². The normalized spacial score (nSPS) is 10.7. The standard InChI is InChI=1S/C17H17N5O2/c1-12-5-4-6-13(19-12)11-18-16(23)9-10-22-17(24)14-7-2-3-8-15(14)20-21-22/h2-8H,9-11H2,1H3,(H,18,23). The van der Waals surface area contributed by atoms with Gasteiger partial charge in [0.05, 0.1) is 24.2 Å². The third kappa shape index (κ3) is 3.62. The average molecular weight is 323 g/mol. The van der Waals surface area contributed by atoms with E-state index in [4.69, 9.17) is 0 Å². The van der Waals surface area contributed by atoms with Crippen LogP contribution < -0.4 is 10.9 Å². The van der Waals surface area contributed by atoms with Crippen LogP contribution in [0, 0.1) is 6.92 Å². The third-order valence-corrected chi connectivity index (χ3v) is 3.59. The molecule has 0 saturated heterocycles. The van der Waals surface area contributed by atoms with Crippen molar-refractivity contribution in [1.82, 2.24) is 25.3 Å². The lowest BCUT2D eigenvalue weighted by Gasteiger charge is -2.07. The molecule has 0 unspecified atom stereocenters. The Balaban J connectivity index is 1.60. The van der Waals surface area contributed by atoms with Gasteiger partial charge >= 0.3 is 0 Å². The van der Waals surface area contributed by atoms with Crippen LogP contribution in [0.2, 0.25) is 0 Å². The molecule has 0 spiro atoms. The van der Waals surface area contributed by atoms with E-state index in [9.17, 15) is 9.59 Å². The Morgan fingerprint density at radius 3 is 2.83 bits per heavy atom. The van der Waals surface area contributed by atoms with Crippen molar-refractivity contribution >= 4 is 16.8 Å². The summed E-state index contributed by atoms with van der Waals surface area (Å²) in [5.41, 5.74) is 2.01. The van der Waals surface area contributed by atoms with E-state index in [1.54, 1.807) is 24.3 Å². The molecule has 24 heavy (non-hydrogen) atoms. The van der Waals surface area contributed by atoms with Gasteiger partial charge in [0, 0.05) is 12.1 Å². The number of fused-ring (bicyclic) bond motifs is 1. The number of pyridine rings is 1. The van der Waals surface area contributed by atoms with Gasteiger partial charge in [-0.3, -0.25) is 14.6 Å². The zero-order chi connectivity index (χ0) is 16.9. The number of rotatable bonds is 5. The van der Waals surface area contributed by atoms with Crippen LogP contribution in [-0.4, -0.2) is 25.9 Å². The Morgan fingerprint density at radius 1 is 1.17 bits per heavy atom. The Labute approximate surface area is 138 Å². The monoisotopic (exact) mass is 323 g/mol. The van der Waals surface area contributed by atoms with Crippen LogP contribution in [0.4, 0.5) is 0 Å². The lowest BCUT2D eigenvalue weighted by Crippen LogP contribution is -2.29. The lowest BCUT2D eigenvalue weighted by atomic mass is 10.2. The van der Waals surface area contributed by atoms with Gasteiger partial charge in [0.25, 0.3) is 5.56 Å². The van der Waals surface area contributed by atoms with Crippen molar-refractivity contribution in [2.45, 2.75) is 26.4 Å². The first-order valence-corrected chi connectivity index (χ1v) is 7.65. The number of benzene rings is 1. The van der Waals surface area contributed by atoms with E-state index in [0.29, 0.717) is 17.4 Å². The number of hydrogen-bond acceptors (Lipinski definition) is 5. The van der Waals surface area contributed by atoms with Crippen molar-refractivity contribution in [3.05, 3.63) is 64.2 Å². The summed E-state index contributed by atoms with van der Waals surface area (Å²) in [4.78, 5) is 28.5. The maximum atomic E-state index is 12.3. The Bertz CT molecular complexity index is 935. The van der Waals surface area contributed by atoms with Crippen molar-refractivity contribution in [1.29, 1.82) is 0 Å². The van der Waals surface area contributed by atoms with E-state index in [1.165, 1.54) is 4.68 Å². The molecule has 2 heterocycles. The van der Waals surface area contributed by atoms with Crippen LogP contribution in [0.5, 0.6) is 0 Å². The number of amides is 1. The minimum atomic E-state index is -0.242. The Kier molecular flexibility index (Phi) is 4.60. The average Bonchev–Trinajstić information content (AvgIpc) is 2.60. The zero-order valence-corrected chi connectivity index (χ0v) is 13.3. The lowest BCUT2D eigenvalue weighted by molar-refractivity contribution is -0.121. The molecule has 0 aliphatic rings. The number of hydrogen-bond donors (Lipinski definition) is 1. The first kappa shape index (κ1) is 15.8. The predicted molar refractivity (Wildman–Crippen MR) is 89.2 cm³/mol. The van der Waals surface area contributed by atoms with E-state index in [2.05, 4.69) is 20.6 Å². The molecule has 1 amide bonds. The SMILES string of the molecule is Cc1cccc(CNC(=O)CCn2nnc3ccccc3c2=O)n1. The van der Waals surface area contributed by atoms with Gasteiger partial charge in [0.1, 0.15) is 5.52 Å². The minimum Gasteiger partial charge on any atom is -0.350 e. The van der Waals surface area contributed by atoms with Gasteiger partial charge in [0.15, 0.2) is 0 Å². The fraction of sp³-hybridized carbons (Fsp3) is 0.235. The molecule has 7 nitrogen and oxygen atoms in total. The van der Waals surface area contributed by atoms with E-state index in [-0.39, 0.29) is 24.4 Å². The van der Waals surface area contributed by atoms with Crippen LogP contribution in [0.15, 0.2) is 47.3 Å². The summed E-state index contributed by atoms with van der Waals surface area (Å²) in [5.74, 6) is -0.167. The Morgan fingerprint density at radius 2 is 2.00 bits per heavy atom.